The molecule has 0 heterocycles. The summed E-state index contributed by atoms with van der Waals surface area (Å²) < 4.78 is 10.4. The molecule has 0 saturated heterocycles. The van der Waals surface area contributed by atoms with Gasteiger partial charge in [0.15, 0.2) is 23.0 Å². The van der Waals surface area contributed by atoms with Gasteiger partial charge in [0.2, 0.25) is 6.10 Å². The SMILES string of the molecule is CCCCOC(=O)[C@@H](Cc1ccc(O)c(O)c1)OC(=O)/C=C\c1ccc(O)c(O)c1. The van der Waals surface area contributed by atoms with Crippen LogP contribution < -0.4 is 0 Å². The summed E-state index contributed by atoms with van der Waals surface area (Å²) in [6.07, 6.45) is 2.61. The Morgan fingerprint density at radius 2 is 1.63 bits per heavy atom. The third-order valence-corrected chi connectivity index (χ3v) is 4.14. The molecule has 0 spiro atoms. The average Bonchev–Trinajstić information content (AvgIpc) is 2.71. The van der Waals surface area contributed by atoms with Crippen LogP contribution in [0.5, 0.6) is 23.0 Å². The molecule has 0 aliphatic rings. The predicted molar refractivity (Wildman–Crippen MR) is 108 cm³/mol. The lowest BCUT2D eigenvalue weighted by molar-refractivity contribution is -0.165. The third kappa shape index (κ3) is 6.73. The van der Waals surface area contributed by atoms with Crippen LogP contribution in [-0.4, -0.2) is 45.1 Å². The monoisotopic (exact) mass is 416 g/mol. The Kier molecular flexibility index (Phi) is 8.10. The van der Waals surface area contributed by atoms with E-state index in [9.17, 15) is 30.0 Å². The topological polar surface area (TPSA) is 134 Å². The van der Waals surface area contributed by atoms with Gasteiger partial charge < -0.3 is 29.9 Å². The van der Waals surface area contributed by atoms with E-state index in [-0.39, 0.29) is 36.0 Å². The summed E-state index contributed by atoms with van der Waals surface area (Å²) in [5, 5.41) is 37.9. The molecule has 1 atom stereocenters. The highest BCUT2D eigenvalue weighted by Crippen LogP contribution is 2.26. The number of hydrogen-bond acceptors (Lipinski definition) is 8. The number of phenolic OH excluding ortho intramolecular Hbond substituents is 4. The van der Waals surface area contributed by atoms with Crippen LogP contribution in [0, 0.1) is 0 Å². The largest absolute Gasteiger partial charge is 0.504 e. The minimum atomic E-state index is -1.25. The van der Waals surface area contributed by atoms with E-state index >= 15 is 0 Å². The number of carbonyl (C=O) groups excluding carboxylic acids is 2. The smallest absolute Gasteiger partial charge is 0.347 e. The number of benzene rings is 2. The van der Waals surface area contributed by atoms with Gasteiger partial charge in [-0.15, -0.1) is 0 Å². The van der Waals surface area contributed by atoms with Crippen molar-refractivity contribution in [2.75, 3.05) is 6.61 Å². The molecule has 0 aliphatic carbocycles. The number of phenols is 4. The van der Waals surface area contributed by atoms with E-state index in [4.69, 9.17) is 9.47 Å². The van der Waals surface area contributed by atoms with Crippen LogP contribution in [0.25, 0.3) is 6.08 Å². The molecule has 4 N–H and O–H groups in total. The maximum atomic E-state index is 12.4. The second-order valence-electron chi connectivity index (χ2n) is 6.56. The van der Waals surface area contributed by atoms with Gasteiger partial charge in [-0.2, -0.15) is 0 Å². The van der Waals surface area contributed by atoms with Crippen molar-refractivity contribution in [3.05, 3.63) is 53.6 Å². The van der Waals surface area contributed by atoms with Gasteiger partial charge in [0, 0.05) is 12.5 Å². The molecule has 0 unspecified atom stereocenters. The zero-order valence-electron chi connectivity index (χ0n) is 16.4. The molecular weight excluding hydrogens is 392 g/mol. The number of carbonyl (C=O) groups is 2. The van der Waals surface area contributed by atoms with Gasteiger partial charge in [0.05, 0.1) is 6.61 Å². The van der Waals surface area contributed by atoms with Gasteiger partial charge in [-0.1, -0.05) is 25.5 Å². The van der Waals surface area contributed by atoms with Crippen LogP contribution in [0.3, 0.4) is 0 Å². The van der Waals surface area contributed by atoms with Crippen molar-refractivity contribution >= 4 is 18.0 Å². The standard InChI is InChI=1S/C22H24O8/c1-2-3-10-29-22(28)20(13-15-5-8-17(24)19(26)12-15)30-21(27)9-6-14-4-7-16(23)18(25)11-14/h4-9,11-12,20,23-26H,2-3,10,13H2,1H3/b9-6-/t20-/m1/s1. The highest BCUT2D eigenvalue weighted by atomic mass is 16.6. The minimum absolute atomic E-state index is 0.0572. The van der Waals surface area contributed by atoms with Crippen LogP contribution in [0.2, 0.25) is 0 Å². The molecule has 2 aromatic rings. The Morgan fingerprint density at radius 1 is 0.967 bits per heavy atom. The van der Waals surface area contributed by atoms with Gasteiger partial charge in [-0.3, -0.25) is 0 Å². The van der Waals surface area contributed by atoms with Gasteiger partial charge in [0.1, 0.15) is 0 Å². The maximum absolute atomic E-state index is 12.4. The molecule has 0 radical (unpaired) electrons. The lowest BCUT2D eigenvalue weighted by Gasteiger charge is -2.16. The molecule has 0 bridgehead atoms. The molecule has 8 heteroatoms. The lowest BCUT2D eigenvalue weighted by Crippen LogP contribution is -2.31. The first-order valence-corrected chi connectivity index (χ1v) is 9.38. The van der Waals surface area contributed by atoms with E-state index in [0.717, 1.165) is 12.5 Å². The van der Waals surface area contributed by atoms with Crippen molar-refractivity contribution in [2.45, 2.75) is 32.3 Å². The molecule has 2 rings (SSSR count). The normalized spacial score (nSPS) is 11.9. The summed E-state index contributed by atoms with van der Waals surface area (Å²) in [6.45, 7) is 2.13. The van der Waals surface area contributed by atoms with Crippen molar-refractivity contribution < 1.29 is 39.5 Å². The second kappa shape index (κ2) is 10.8. The summed E-state index contributed by atoms with van der Waals surface area (Å²) in [5.74, 6) is -2.83. The summed E-state index contributed by atoms with van der Waals surface area (Å²) in [6, 6.07) is 8.03. The number of ether oxygens (including phenoxy) is 2. The summed E-state index contributed by atoms with van der Waals surface area (Å²) in [5.41, 5.74) is 0.899. The highest BCUT2D eigenvalue weighted by Gasteiger charge is 2.24. The first kappa shape index (κ1) is 22.6. The summed E-state index contributed by atoms with van der Waals surface area (Å²) in [7, 11) is 0. The number of unbranched alkanes of at least 4 members (excludes halogenated alkanes) is 1. The number of esters is 2. The van der Waals surface area contributed by atoms with Gasteiger partial charge >= 0.3 is 11.9 Å². The van der Waals surface area contributed by atoms with Crippen molar-refractivity contribution in [1.29, 1.82) is 0 Å². The van der Waals surface area contributed by atoms with Crippen LogP contribution in [0.1, 0.15) is 30.9 Å². The maximum Gasteiger partial charge on any atom is 0.347 e. The molecule has 0 amide bonds. The summed E-state index contributed by atoms with van der Waals surface area (Å²) >= 11 is 0. The highest BCUT2D eigenvalue weighted by molar-refractivity contribution is 5.89. The zero-order valence-corrected chi connectivity index (χ0v) is 16.4. The molecule has 0 saturated carbocycles. The third-order valence-electron chi connectivity index (χ3n) is 4.14. The summed E-state index contributed by atoms with van der Waals surface area (Å²) in [4.78, 5) is 24.6. The quantitative estimate of drug-likeness (QED) is 0.212. The van der Waals surface area contributed by atoms with E-state index in [1.165, 1.54) is 42.5 Å². The minimum Gasteiger partial charge on any atom is -0.504 e. The van der Waals surface area contributed by atoms with Crippen LogP contribution in [0.4, 0.5) is 0 Å². The Morgan fingerprint density at radius 3 is 2.27 bits per heavy atom. The molecule has 0 aliphatic heterocycles. The second-order valence-corrected chi connectivity index (χ2v) is 6.56. The Hall–Kier alpha value is -3.68. The van der Waals surface area contributed by atoms with Gasteiger partial charge in [-0.05, 0) is 47.9 Å². The molecule has 8 nitrogen and oxygen atoms in total. The predicted octanol–water partition coefficient (Wildman–Crippen LogP) is 3.02. The number of aromatic hydroxyl groups is 4. The first-order chi connectivity index (χ1) is 14.3. The molecule has 160 valence electrons. The Balaban J connectivity index is 2.10. The molecule has 30 heavy (non-hydrogen) atoms. The van der Waals surface area contributed by atoms with Gasteiger partial charge in [0.25, 0.3) is 0 Å². The fourth-order valence-corrected chi connectivity index (χ4v) is 2.48. The van der Waals surface area contributed by atoms with Crippen LogP contribution in [-0.2, 0) is 25.5 Å². The van der Waals surface area contributed by atoms with Crippen molar-refractivity contribution in [2.24, 2.45) is 0 Å². The molecule has 0 fully saturated rings. The number of hydrogen-bond donors (Lipinski definition) is 4. The van der Waals surface area contributed by atoms with E-state index in [0.29, 0.717) is 17.5 Å². The molecular formula is C22H24O8. The number of rotatable bonds is 9. The zero-order chi connectivity index (χ0) is 22.1. The van der Waals surface area contributed by atoms with E-state index in [1.807, 2.05) is 6.92 Å². The van der Waals surface area contributed by atoms with Crippen molar-refractivity contribution in [1.82, 2.24) is 0 Å². The van der Waals surface area contributed by atoms with E-state index < -0.39 is 18.0 Å². The fraction of sp³-hybridized carbons (Fsp3) is 0.273. The average molecular weight is 416 g/mol. The van der Waals surface area contributed by atoms with Crippen LogP contribution >= 0.6 is 0 Å². The van der Waals surface area contributed by atoms with Crippen molar-refractivity contribution in [3.8, 4) is 23.0 Å². The molecule has 2 aromatic carbocycles. The Bertz CT molecular complexity index is 919. The van der Waals surface area contributed by atoms with E-state index in [1.54, 1.807) is 0 Å². The lowest BCUT2D eigenvalue weighted by atomic mass is 10.1. The van der Waals surface area contributed by atoms with Crippen molar-refractivity contribution in [3.63, 3.8) is 0 Å². The first-order valence-electron chi connectivity index (χ1n) is 9.38. The van der Waals surface area contributed by atoms with E-state index in [2.05, 4.69) is 0 Å². The molecule has 0 aromatic heterocycles. The van der Waals surface area contributed by atoms with Gasteiger partial charge in [-0.25, -0.2) is 9.59 Å². The Labute approximate surface area is 173 Å². The van der Waals surface area contributed by atoms with Crippen LogP contribution in [0.15, 0.2) is 42.5 Å². The fourth-order valence-electron chi connectivity index (χ4n) is 2.48.